The van der Waals surface area contributed by atoms with Crippen molar-refractivity contribution in [2.45, 2.75) is 38.0 Å². The maximum absolute atomic E-state index is 12.8. The van der Waals surface area contributed by atoms with E-state index in [9.17, 15) is 18.3 Å². The monoisotopic (exact) mass is 273 g/mol. The fourth-order valence-electron chi connectivity index (χ4n) is 2.72. The summed E-state index contributed by atoms with van der Waals surface area (Å²) in [6.07, 6.45) is -1.44. The number of nitrogens with one attached hydrogen (secondary N) is 1. The molecule has 5 heteroatoms. The van der Waals surface area contributed by atoms with Crippen LogP contribution in [0.1, 0.15) is 30.4 Å². The van der Waals surface area contributed by atoms with Crippen molar-refractivity contribution < 1.29 is 18.3 Å². The zero-order chi connectivity index (χ0) is 13.9. The number of rotatable bonds is 4. The summed E-state index contributed by atoms with van der Waals surface area (Å²) in [6.45, 7) is 0.287. The number of alkyl halides is 3. The average Bonchev–Trinajstić information content (AvgIpc) is 2.83. The minimum Gasteiger partial charge on any atom is -0.396 e. The van der Waals surface area contributed by atoms with Crippen LogP contribution in [-0.4, -0.2) is 17.8 Å². The van der Waals surface area contributed by atoms with E-state index in [1.165, 1.54) is 12.1 Å². The van der Waals surface area contributed by atoms with Crippen LogP contribution in [0.25, 0.3) is 0 Å². The first kappa shape index (κ1) is 14.3. The van der Waals surface area contributed by atoms with Gasteiger partial charge in [-0.05, 0) is 30.4 Å². The van der Waals surface area contributed by atoms with Gasteiger partial charge in [-0.25, -0.2) is 0 Å². The molecule has 1 fully saturated rings. The summed E-state index contributed by atoms with van der Waals surface area (Å²) < 4.78 is 38.5. The largest absolute Gasteiger partial charge is 0.416 e. The number of aliphatic hydroxyl groups is 1. The molecule has 0 radical (unpaired) electrons. The SMILES string of the molecule is OCC1CCCC1NCc1ccccc1C(F)(F)F. The van der Waals surface area contributed by atoms with Crippen molar-refractivity contribution in [3.63, 3.8) is 0 Å². The Morgan fingerprint density at radius 3 is 2.63 bits per heavy atom. The van der Waals surface area contributed by atoms with Crippen molar-refractivity contribution >= 4 is 0 Å². The molecule has 1 saturated carbocycles. The molecule has 0 bridgehead atoms. The zero-order valence-corrected chi connectivity index (χ0v) is 10.6. The van der Waals surface area contributed by atoms with Crippen LogP contribution in [-0.2, 0) is 12.7 Å². The Morgan fingerprint density at radius 2 is 1.95 bits per heavy atom. The molecule has 0 saturated heterocycles. The van der Waals surface area contributed by atoms with Crippen molar-refractivity contribution in [2.75, 3.05) is 6.61 Å². The molecule has 0 aromatic heterocycles. The Balaban J connectivity index is 2.04. The first-order valence-corrected chi connectivity index (χ1v) is 6.51. The highest BCUT2D eigenvalue weighted by atomic mass is 19.4. The predicted octanol–water partition coefficient (Wildman–Crippen LogP) is 2.96. The number of halogens is 3. The van der Waals surface area contributed by atoms with Crippen LogP contribution < -0.4 is 5.32 Å². The Labute approximate surface area is 110 Å². The maximum atomic E-state index is 12.8. The molecule has 0 aliphatic heterocycles. The van der Waals surface area contributed by atoms with Crippen molar-refractivity contribution in [1.29, 1.82) is 0 Å². The van der Waals surface area contributed by atoms with Gasteiger partial charge in [-0.1, -0.05) is 24.6 Å². The third-order valence-electron chi connectivity index (χ3n) is 3.77. The van der Waals surface area contributed by atoms with E-state index < -0.39 is 11.7 Å². The number of aliphatic hydroxyl groups excluding tert-OH is 1. The van der Waals surface area contributed by atoms with Gasteiger partial charge in [-0.2, -0.15) is 13.2 Å². The minimum atomic E-state index is -4.32. The molecule has 0 amide bonds. The highest BCUT2D eigenvalue weighted by Crippen LogP contribution is 2.32. The van der Waals surface area contributed by atoms with Gasteiger partial charge in [0, 0.05) is 19.2 Å². The molecule has 2 rings (SSSR count). The third-order valence-corrected chi connectivity index (χ3v) is 3.77. The van der Waals surface area contributed by atoms with Crippen LogP contribution >= 0.6 is 0 Å². The van der Waals surface area contributed by atoms with E-state index in [0.29, 0.717) is 0 Å². The van der Waals surface area contributed by atoms with Crippen molar-refractivity contribution in [3.05, 3.63) is 35.4 Å². The van der Waals surface area contributed by atoms with E-state index in [1.807, 2.05) is 0 Å². The van der Waals surface area contributed by atoms with Gasteiger partial charge in [-0.3, -0.25) is 0 Å². The van der Waals surface area contributed by atoms with Gasteiger partial charge in [0.05, 0.1) is 5.56 Å². The second-order valence-corrected chi connectivity index (χ2v) is 5.02. The van der Waals surface area contributed by atoms with Crippen LogP contribution in [0, 0.1) is 5.92 Å². The Hall–Kier alpha value is -1.07. The van der Waals surface area contributed by atoms with Gasteiger partial charge in [0.15, 0.2) is 0 Å². The molecule has 2 nitrogen and oxygen atoms in total. The van der Waals surface area contributed by atoms with E-state index in [4.69, 9.17) is 0 Å². The standard InChI is InChI=1S/C14H18F3NO/c15-14(16,17)12-6-2-1-4-10(12)8-18-13-7-3-5-11(13)9-19/h1-2,4,6,11,13,18-19H,3,5,7-9H2. The average molecular weight is 273 g/mol. The van der Waals surface area contributed by atoms with Crippen LogP contribution in [0.15, 0.2) is 24.3 Å². The van der Waals surface area contributed by atoms with Gasteiger partial charge in [-0.15, -0.1) is 0 Å². The zero-order valence-electron chi connectivity index (χ0n) is 10.6. The van der Waals surface area contributed by atoms with Crippen molar-refractivity contribution in [2.24, 2.45) is 5.92 Å². The van der Waals surface area contributed by atoms with Gasteiger partial charge in [0.25, 0.3) is 0 Å². The second-order valence-electron chi connectivity index (χ2n) is 5.02. The Morgan fingerprint density at radius 1 is 1.21 bits per heavy atom. The maximum Gasteiger partial charge on any atom is 0.416 e. The summed E-state index contributed by atoms with van der Waals surface area (Å²) >= 11 is 0. The topological polar surface area (TPSA) is 32.3 Å². The molecule has 19 heavy (non-hydrogen) atoms. The lowest BCUT2D eigenvalue weighted by Crippen LogP contribution is -2.34. The summed E-state index contributed by atoms with van der Waals surface area (Å²) in [5, 5.41) is 12.3. The molecular formula is C14H18F3NO. The summed E-state index contributed by atoms with van der Waals surface area (Å²) in [5.74, 6) is 0.165. The van der Waals surface area contributed by atoms with Gasteiger partial charge in [0.1, 0.15) is 0 Å². The summed E-state index contributed by atoms with van der Waals surface area (Å²) in [4.78, 5) is 0. The summed E-state index contributed by atoms with van der Waals surface area (Å²) in [6, 6.07) is 5.74. The first-order valence-electron chi connectivity index (χ1n) is 6.51. The molecule has 0 spiro atoms. The van der Waals surface area contributed by atoms with E-state index in [-0.39, 0.29) is 30.7 Å². The molecule has 1 aromatic carbocycles. The fourth-order valence-corrected chi connectivity index (χ4v) is 2.72. The Kier molecular flexibility index (Phi) is 4.47. The van der Waals surface area contributed by atoms with Crippen LogP contribution in [0.4, 0.5) is 13.2 Å². The van der Waals surface area contributed by atoms with E-state index >= 15 is 0 Å². The molecule has 2 atom stereocenters. The molecule has 106 valence electrons. The molecule has 1 aliphatic rings. The fraction of sp³-hybridized carbons (Fsp3) is 0.571. The molecule has 2 N–H and O–H groups in total. The van der Waals surface area contributed by atoms with Crippen LogP contribution in [0.5, 0.6) is 0 Å². The van der Waals surface area contributed by atoms with E-state index in [1.54, 1.807) is 6.07 Å². The minimum absolute atomic E-state index is 0.0958. The predicted molar refractivity (Wildman–Crippen MR) is 66.5 cm³/mol. The van der Waals surface area contributed by atoms with Gasteiger partial charge >= 0.3 is 6.18 Å². The van der Waals surface area contributed by atoms with Crippen LogP contribution in [0.3, 0.4) is 0 Å². The lowest BCUT2D eigenvalue weighted by Gasteiger charge is -2.20. The number of hydrogen-bond donors (Lipinski definition) is 2. The highest BCUT2D eigenvalue weighted by Gasteiger charge is 2.33. The van der Waals surface area contributed by atoms with Gasteiger partial charge < -0.3 is 10.4 Å². The van der Waals surface area contributed by atoms with E-state index in [0.717, 1.165) is 25.3 Å². The molecule has 2 unspecified atom stereocenters. The van der Waals surface area contributed by atoms with Crippen molar-refractivity contribution in [1.82, 2.24) is 5.32 Å². The second kappa shape index (κ2) is 5.92. The smallest absolute Gasteiger partial charge is 0.396 e. The third kappa shape index (κ3) is 3.48. The van der Waals surface area contributed by atoms with Crippen LogP contribution in [0.2, 0.25) is 0 Å². The highest BCUT2D eigenvalue weighted by molar-refractivity contribution is 5.29. The molecule has 0 heterocycles. The molecule has 1 aliphatic carbocycles. The summed E-state index contributed by atoms with van der Waals surface area (Å²) in [5.41, 5.74) is -0.320. The van der Waals surface area contributed by atoms with Gasteiger partial charge in [0.2, 0.25) is 0 Å². The number of hydrogen-bond acceptors (Lipinski definition) is 2. The number of benzene rings is 1. The van der Waals surface area contributed by atoms with E-state index in [2.05, 4.69) is 5.32 Å². The lowest BCUT2D eigenvalue weighted by molar-refractivity contribution is -0.138. The first-order chi connectivity index (χ1) is 9.02. The van der Waals surface area contributed by atoms with Crippen molar-refractivity contribution in [3.8, 4) is 0 Å². The normalized spacial score (nSPS) is 23.8. The molecular weight excluding hydrogens is 255 g/mol. The summed E-state index contributed by atoms with van der Waals surface area (Å²) in [7, 11) is 0. The quantitative estimate of drug-likeness (QED) is 0.884. The Bertz CT molecular complexity index is 419. The lowest BCUT2D eigenvalue weighted by atomic mass is 10.0. The molecule has 1 aromatic rings.